The number of rotatable bonds is 7. The van der Waals surface area contributed by atoms with Gasteiger partial charge in [-0.05, 0) is 63.1 Å². The van der Waals surface area contributed by atoms with Crippen molar-refractivity contribution < 1.29 is 13.2 Å². The summed E-state index contributed by atoms with van der Waals surface area (Å²) in [6.45, 7) is 2.43. The molecule has 0 saturated carbocycles. The third-order valence-electron chi connectivity index (χ3n) is 5.57. The molecule has 0 atom stereocenters. The topological polar surface area (TPSA) is 66.0 Å². The molecule has 1 aromatic carbocycles. The van der Waals surface area contributed by atoms with Crippen molar-refractivity contribution in [2.75, 3.05) is 35.2 Å². The average molecular weight is 432 g/mol. The summed E-state index contributed by atoms with van der Waals surface area (Å²) in [5.41, 5.74) is 1.02. The third-order valence-corrected chi connectivity index (χ3v) is 5.57. The van der Waals surface area contributed by atoms with Crippen molar-refractivity contribution in [3.05, 3.63) is 41.5 Å². The molecule has 0 bridgehead atoms. The van der Waals surface area contributed by atoms with Crippen LogP contribution in [0.15, 0.2) is 35.9 Å². The Hall–Kier alpha value is -2.84. The SMILES string of the molecule is FC(F)(F)c1cccc(Nc2nc(NCCC3=CCCCC3)nc(N3CCCC3)n2)c1. The number of aromatic nitrogens is 3. The number of nitrogens with zero attached hydrogens (tertiary/aromatic N) is 4. The largest absolute Gasteiger partial charge is 0.416 e. The van der Waals surface area contributed by atoms with Gasteiger partial charge in [0.05, 0.1) is 5.56 Å². The monoisotopic (exact) mass is 432 g/mol. The van der Waals surface area contributed by atoms with Crippen molar-refractivity contribution in [1.29, 1.82) is 0 Å². The maximum Gasteiger partial charge on any atom is 0.416 e. The van der Waals surface area contributed by atoms with Crippen LogP contribution in [0.25, 0.3) is 0 Å². The van der Waals surface area contributed by atoms with E-state index in [0.29, 0.717) is 18.4 Å². The van der Waals surface area contributed by atoms with Crippen molar-refractivity contribution in [2.24, 2.45) is 0 Å². The Balaban J connectivity index is 1.51. The zero-order chi connectivity index (χ0) is 21.7. The second-order valence-electron chi connectivity index (χ2n) is 7.97. The van der Waals surface area contributed by atoms with Gasteiger partial charge in [-0.2, -0.15) is 28.1 Å². The summed E-state index contributed by atoms with van der Waals surface area (Å²) in [7, 11) is 0. The van der Waals surface area contributed by atoms with E-state index < -0.39 is 11.7 Å². The van der Waals surface area contributed by atoms with Crippen molar-refractivity contribution in [1.82, 2.24) is 15.0 Å². The minimum atomic E-state index is -4.40. The van der Waals surface area contributed by atoms with Crippen molar-refractivity contribution in [3.63, 3.8) is 0 Å². The van der Waals surface area contributed by atoms with Gasteiger partial charge in [-0.3, -0.25) is 0 Å². The van der Waals surface area contributed by atoms with Crippen molar-refractivity contribution >= 4 is 23.5 Å². The summed E-state index contributed by atoms with van der Waals surface area (Å²) in [5.74, 6) is 1.21. The molecule has 6 nitrogen and oxygen atoms in total. The minimum absolute atomic E-state index is 0.232. The third kappa shape index (κ3) is 5.86. The van der Waals surface area contributed by atoms with Gasteiger partial charge in [0.2, 0.25) is 17.8 Å². The van der Waals surface area contributed by atoms with Crippen molar-refractivity contribution in [2.45, 2.75) is 51.1 Å². The highest BCUT2D eigenvalue weighted by molar-refractivity contribution is 5.57. The molecule has 1 aromatic heterocycles. The van der Waals surface area contributed by atoms with Gasteiger partial charge in [0.25, 0.3) is 0 Å². The average Bonchev–Trinajstić information content (AvgIpc) is 3.29. The first-order valence-electron chi connectivity index (χ1n) is 10.8. The Bertz CT molecular complexity index is 922. The van der Waals surface area contributed by atoms with E-state index in [1.807, 2.05) is 0 Å². The lowest BCUT2D eigenvalue weighted by atomic mass is 9.97. The van der Waals surface area contributed by atoms with Crippen LogP contribution in [0.3, 0.4) is 0 Å². The summed E-state index contributed by atoms with van der Waals surface area (Å²) in [6, 6.07) is 5.03. The van der Waals surface area contributed by atoms with E-state index in [1.165, 1.54) is 24.5 Å². The fourth-order valence-electron chi connectivity index (χ4n) is 3.93. The van der Waals surface area contributed by atoms with Gasteiger partial charge in [0.1, 0.15) is 0 Å². The lowest BCUT2D eigenvalue weighted by Gasteiger charge is -2.18. The van der Waals surface area contributed by atoms with E-state index in [9.17, 15) is 13.2 Å². The summed E-state index contributed by atoms with van der Waals surface area (Å²) in [4.78, 5) is 15.5. The number of hydrogen-bond donors (Lipinski definition) is 2. The van der Waals surface area contributed by atoms with Gasteiger partial charge >= 0.3 is 6.18 Å². The highest BCUT2D eigenvalue weighted by atomic mass is 19.4. The van der Waals surface area contributed by atoms with Gasteiger partial charge in [0.15, 0.2) is 0 Å². The molecule has 9 heteroatoms. The molecule has 2 aliphatic rings. The zero-order valence-electron chi connectivity index (χ0n) is 17.4. The molecule has 2 heterocycles. The van der Waals surface area contributed by atoms with Crippen LogP contribution in [0.2, 0.25) is 0 Å². The fourth-order valence-corrected chi connectivity index (χ4v) is 3.93. The smallest absolute Gasteiger partial charge is 0.354 e. The van der Waals surface area contributed by atoms with E-state index in [4.69, 9.17) is 0 Å². The van der Waals surface area contributed by atoms with Gasteiger partial charge in [-0.1, -0.05) is 17.7 Å². The van der Waals surface area contributed by atoms with Gasteiger partial charge in [-0.15, -0.1) is 0 Å². The van der Waals surface area contributed by atoms with Gasteiger partial charge < -0.3 is 15.5 Å². The van der Waals surface area contributed by atoms with E-state index in [-0.39, 0.29) is 11.6 Å². The van der Waals surface area contributed by atoms with E-state index in [2.05, 4.69) is 36.6 Å². The second kappa shape index (κ2) is 9.53. The molecule has 4 rings (SSSR count). The van der Waals surface area contributed by atoms with Crippen LogP contribution in [0.5, 0.6) is 0 Å². The summed E-state index contributed by atoms with van der Waals surface area (Å²) in [5, 5.41) is 6.19. The lowest BCUT2D eigenvalue weighted by molar-refractivity contribution is -0.137. The standard InChI is InChI=1S/C22H27F3N6/c23-22(24,25)17-9-6-10-18(15-17)27-20-28-19(26-12-11-16-7-2-1-3-8-16)29-21(30-20)31-13-4-5-14-31/h6-7,9-10,15H,1-5,8,11-14H2,(H2,26,27,28,29,30). The zero-order valence-corrected chi connectivity index (χ0v) is 17.4. The molecular formula is C22H27F3N6. The first-order chi connectivity index (χ1) is 15.0. The highest BCUT2D eigenvalue weighted by Crippen LogP contribution is 2.31. The number of alkyl halides is 3. The van der Waals surface area contributed by atoms with E-state index >= 15 is 0 Å². The molecule has 0 unspecified atom stereocenters. The first-order valence-corrected chi connectivity index (χ1v) is 10.8. The van der Waals surface area contributed by atoms with Crippen LogP contribution >= 0.6 is 0 Å². The van der Waals surface area contributed by atoms with Crippen molar-refractivity contribution in [3.8, 4) is 0 Å². The number of benzene rings is 1. The molecule has 1 aliphatic carbocycles. The lowest BCUT2D eigenvalue weighted by Crippen LogP contribution is -2.22. The predicted octanol–water partition coefficient (Wildman–Crippen LogP) is 5.54. The van der Waals surface area contributed by atoms with Gasteiger partial charge in [-0.25, -0.2) is 0 Å². The number of halogens is 3. The molecule has 31 heavy (non-hydrogen) atoms. The Labute approximate surface area is 180 Å². The number of hydrogen-bond acceptors (Lipinski definition) is 6. The maximum absolute atomic E-state index is 13.0. The van der Waals surface area contributed by atoms with Crippen LogP contribution in [-0.2, 0) is 6.18 Å². The Morgan fingerprint density at radius 3 is 2.52 bits per heavy atom. The number of allylic oxidation sites excluding steroid dienone is 1. The minimum Gasteiger partial charge on any atom is -0.354 e. The van der Waals surface area contributed by atoms with Gasteiger partial charge in [0, 0.05) is 25.3 Å². The molecule has 1 fully saturated rings. The summed E-state index contributed by atoms with van der Waals surface area (Å²) >= 11 is 0. The Kier molecular flexibility index (Phi) is 6.58. The molecule has 1 aliphatic heterocycles. The molecule has 166 valence electrons. The van der Waals surface area contributed by atoms with Crippen LogP contribution in [0.4, 0.5) is 36.7 Å². The highest BCUT2D eigenvalue weighted by Gasteiger charge is 2.30. The molecule has 2 aromatic rings. The summed E-state index contributed by atoms with van der Waals surface area (Å²) in [6.07, 6.45) is 5.76. The number of nitrogens with one attached hydrogen (secondary N) is 2. The summed E-state index contributed by atoms with van der Waals surface area (Å²) < 4.78 is 39.1. The fraction of sp³-hybridized carbons (Fsp3) is 0.500. The van der Waals surface area contributed by atoms with Crippen LogP contribution in [0.1, 0.15) is 50.5 Å². The Morgan fingerprint density at radius 1 is 0.968 bits per heavy atom. The molecule has 0 spiro atoms. The van der Waals surface area contributed by atoms with E-state index in [1.54, 1.807) is 6.07 Å². The van der Waals surface area contributed by atoms with Crippen LogP contribution < -0.4 is 15.5 Å². The quantitative estimate of drug-likeness (QED) is 0.561. The second-order valence-corrected chi connectivity index (χ2v) is 7.97. The Morgan fingerprint density at radius 2 is 1.77 bits per heavy atom. The predicted molar refractivity (Wildman–Crippen MR) is 116 cm³/mol. The molecule has 2 N–H and O–H groups in total. The molecule has 0 radical (unpaired) electrons. The molecule has 1 saturated heterocycles. The van der Waals surface area contributed by atoms with E-state index in [0.717, 1.165) is 57.3 Å². The maximum atomic E-state index is 13.0. The first kappa shape index (κ1) is 21.4. The number of anilines is 4. The normalized spacial score (nSPS) is 16.9. The van der Waals surface area contributed by atoms with Crippen LogP contribution in [0, 0.1) is 0 Å². The van der Waals surface area contributed by atoms with Crippen LogP contribution in [-0.4, -0.2) is 34.6 Å². The molecule has 0 amide bonds. The molecular weight excluding hydrogens is 405 g/mol.